The van der Waals surface area contributed by atoms with Gasteiger partial charge in [0.15, 0.2) is 5.13 Å². The fraction of sp³-hybridized carbons (Fsp3) is 0.333. The van der Waals surface area contributed by atoms with E-state index in [1.165, 1.54) is 22.8 Å². The topological polar surface area (TPSA) is 88.6 Å². The first-order chi connectivity index (χ1) is 14.1. The molecule has 2 aromatic carbocycles. The van der Waals surface area contributed by atoms with Crippen LogP contribution in [0.15, 0.2) is 47.4 Å². The first-order valence-electron chi connectivity index (χ1n) is 9.53. The zero-order valence-corrected chi connectivity index (χ0v) is 19.2. The van der Waals surface area contributed by atoms with E-state index in [4.69, 9.17) is 4.74 Å². The van der Waals surface area contributed by atoms with E-state index in [9.17, 15) is 13.2 Å². The van der Waals surface area contributed by atoms with Gasteiger partial charge in [-0.1, -0.05) is 23.5 Å². The number of hydrogen-bond donors (Lipinski definition) is 1. The normalized spacial score (nSPS) is 12.1. The molecular weight excluding hydrogens is 422 g/mol. The Hall–Kier alpha value is -2.49. The molecule has 0 aliphatic rings. The van der Waals surface area contributed by atoms with E-state index in [2.05, 4.69) is 10.3 Å². The van der Waals surface area contributed by atoms with Gasteiger partial charge in [-0.25, -0.2) is 13.4 Å². The molecule has 0 saturated carbocycles. The van der Waals surface area contributed by atoms with E-state index >= 15 is 0 Å². The number of nitrogens with zero attached hydrogens (tertiary/aromatic N) is 2. The molecule has 0 saturated heterocycles. The molecule has 9 heteroatoms. The number of hydrogen-bond acceptors (Lipinski definition) is 6. The van der Waals surface area contributed by atoms with Gasteiger partial charge < -0.3 is 4.74 Å². The highest BCUT2D eigenvalue weighted by Gasteiger charge is 2.29. The number of rotatable bonds is 7. The van der Waals surface area contributed by atoms with E-state index in [1.807, 2.05) is 27.7 Å². The number of aromatic nitrogens is 1. The first-order valence-corrected chi connectivity index (χ1v) is 11.8. The molecular formula is C21H25N3O4S2. The minimum Gasteiger partial charge on any atom is -0.496 e. The van der Waals surface area contributed by atoms with Crippen LogP contribution in [-0.2, 0) is 10.0 Å². The molecule has 3 rings (SSSR count). The number of sulfonamides is 1. The lowest BCUT2D eigenvalue weighted by molar-refractivity contribution is 0.102. The third-order valence-electron chi connectivity index (χ3n) is 4.53. The first kappa shape index (κ1) is 22.2. The number of fused-ring (bicyclic) bond motifs is 1. The van der Waals surface area contributed by atoms with Crippen LogP contribution in [0.5, 0.6) is 5.75 Å². The number of thiazole rings is 1. The van der Waals surface area contributed by atoms with Crippen molar-refractivity contribution in [3.63, 3.8) is 0 Å². The Kier molecular flexibility index (Phi) is 6.44. The summed E-state index contributed by atoms with van der Waals surface area (Å²) >= 11 is 1.23. The molecule has 0 aliphatic heterocycles. The third kappa shape index (κ3) is 4.33. The largest absolute Gasteiger partial charge is 0.496 e. The Balaban J connectivity index is 1.92. The number of para-hydroxylation sites is 1. The van der Waals surface area contributed by atoms with Crippen molar-refractivity contribution in [2.75, 3.05) is 12.4 Å². The minimum atomic E-state index is -3.65. The van der Waals surface area contributed by atoms with Gasteiger partial charge in [0.25, 0.3) is 5.91 Å². The molecule has 0 radical (unpaired) electrons. The maximum absolute atomic E-state index is 13.1. The van der Waals surface area contributed by atoms with E-state index in [-0.39, 0.29) is 22.9 Å². The quantitative estimate of drug-likeness (QED) is 0.581. The molecule has 0 fully saturated rings. The summed E-state index contributed by atoms with van der Waals surface area (Å²) in [5, 5.41) is 3.16. The Bertz CT molecular complexity index is 1160. The molecule has 1 aromatic heterocycles. The van der Waals surface area contributed by atoms with Crippen molar-refractivity contribution in [2.45, 2.75) is 44.7 Å². The van der Waals surface area contributed by atoms with Crippen molar-refractivity contribution in [1.29, 1.82) is 0 Å². The molecule has 30 heavy (non-hydrogen) atoms. The molecule has 1 N–H and O–H groups in total. The Morgan fingerprint density at radius 3 is 2.40 bits per heavy atom. The predicted molar refractivity (Wildman–Crippen MR) is 120 cm³/mol. The molecule has 160 valence electrons. The van der Waals surface area contributed by atoms with Crippen LogP contribution in [0.4, 0.5) is 5.13 Å². The number of carbonyl (C=O) groups excluding carboxylic acids is 1. The van der Waals surface area contributed by atoms with Gasteiger partial charge in [-0.15, -0.1) is 0 Å². The second-order valence-corrected chi connectivity index (χ2v) is 10.2. The van der Waals surface area contributed by atoms with Gasteiger partial charge in [0.2, 0.25) is 10.0 Å². The Morgan fingerprint density at radius 1 is 1.10 bits per heavy atom. The van der Waals surface area contributed by atoms with Gasteiger partial charge in [0.05, 0.1) is 27.8 Å². The lowest BCUT2D eigenvalue weighted by Crippen LogP contribution is -2.41. The molecule has 0 atom stereocenters. The van der Waals surface area contributed by atoms with Crippen LogP contribution in [0.3, 0.4) is 0 Å². The number of methoxy groups -OCH3 is 1. The molecule has 3 aromatic rings. The lowest BCUT2D eigenvalue weighted by Gasteiger charge is -2.29. The maximum Gasteiger partial charge on any atom is 0.261 e. The Morgan fingerprint density at radius 2 is 1.77 bits per heavy atom. The van der Waals surface area contributed by atoms with E-state index in [0.29, 0.717) is 26.7 Å². The van der Waals surface area contributed by atoms with Crippen LogP contribution in [0.1, 0.15) is 38.1 Å². The summed E-state index contributed by atoms with van der Waals surface area (Å²) in [6.45, 7) is 7.42. The van der Waals surface area contributed by atoms with Crippen molar-refractivity contribution in [1.82, 2.24) is 9.29 Å². The molecule has 7 nitrogen and oxygen atoms in total. The summed E-state index contributed by atoms with van der Waals surface area (Å²) in [5.41, 5.74) is 1.02. The highest BCUT2D eigenvalue weighted by atomic mass is 32.2. The summed E-state index contributed by atoms with van der Waals surface area (Å²) in [7, 11) is -2.15. The summed E-state index contributed by atoms with van der Waals surface area (Å²) in [4.78, 5) is 17.2. The van der Waals surface area contributed by atoms with Gasteiger partial charge in [-0.05, 0) is 58.0 Å². The molecule has 0 aliphatic carbocycles. The molecule has 0 spiro atoms. The predicted octanol–water partition coefficient (Wildman–Crippen LogP) is 4.36. The summed E-state index contributed by atoms with van der Waals surface area (Å²) in [6, 6.07) is 11.4. The standard InChI is InChI=1S/C21H25N3O4S2/c1-13(2)24(14(3)4)30(26,27)15-10-11-17-19(12-15)29-21(22-17)23-20(25)16-8-6-7-9-18(16)28-5/h6-14H,1-5H3,(H,22,23,25). The average Bonchev–Trinajstić information content (AvgIpc) is 3.08. The van der Waals surface area contributed by atoms with Crippen LogP contribution >= 0.6 is 11.3 Å². The van der Waals surface area contributed by atoms with Gasteiger partial charge in [0, 0.05) is 12.1 Å². The van der Waals surface area contributed by atoms with Crippen LogP contribution in [0, 0.1) is 0 Å². The van der Waals surface area contributed by atoms with Crippen molar-refractivity contribution in [2.24, 2.45) is 0 Å². The van der Waals surface area contributed by atoms with Crippen LogP contribution < -0.4 is 10.1 Å². The number of benzene rings is 2. The number of carbonyl (C=O) groups is 1. The summed E-state index contributed by atoms with van der Waals surface area (Å²) in [6.07, 6.45) is 0. The second kappa shape index (κ2) is 8.71. The second-order valence-electron chi connectivity index (χ2n) is 7.33. The molecule has 0 unspecified atom stereocenters. The van der Waals surface area contributed by atoms with Crippen molar-refractivity contribution >= 4 is 42.6 Å². The van der Waals surface area contributed by atoms with Crippen molar-refractivity contribution in [3.8, 4) is 5.75 Å². The van der Waals surface area contributed by atoms with Gasteiger partial charge >= 0.3 is 0 Å². The van der Waals surface area contributed by atoms with Crippen LogP contribution in [0.2, 0.25) is 0 Å². The van der Waals surface area contributed by atoms with E-state index in [1.54, 1.807) is 42.5 Å². The zero-order chi connectivity index (χ0) is 22.1. The van der Waals surface area contributed by atoms with Crippen LogP contribution in [-0.4, -0.2) is 42.8 Å². The van der Waals surface area contributed by atoms with Crippen molar-refractivity contribution < 1.29 is 17.9 Å². The lowest BCUT2D eigenvalue weighted by atomic mass is 10.2. The number of ether oxygens (including phenoxy) is 1. The minimum absolute atomic E-state index is 0.164. The van der Waals surface area contributed by atoms with Gasteiger partial charge in [-0.3, -0.25) is 10.1 Å². The smallest absolute Gasteiger partial charge is 0.261 e. The number of amides is 1. The molecule has 1 heterocycles. The molecule has 1 amide bonds. The summed E-state index contributed by atoms with van der Waals surface area (Å²) < 4.78 is 33.6. The monoisotopic (exact) mass is 447 g/mol. The number of nitrogens with one attached hydrogen (secondary N) is 1. The molecule has 0 bridgehead atoms. The van der Waals surface area contributed by atoms with E-state index < -0.39 is 10.0 Å². The Labute approximate surface area is 180 Å². The van der Waals surface area contributed by atoms with Crippen molar-refractivity contribution in [3.05, 3.63) is 48.0 Å². The highest BCUT2D eigenvalue weighted by molar-refractivity contribution is 7.89. The number of anilines is 1. The highest BCUT2D eigenvalue weighted by Crippen LogP contribution is 2.31. The zero-order valence-electron chi connectivity index (χ0n) is 17.5. The fourth-order valence-electron chi connectivity index (χ4n) is 3.39. The average molecular weight is 448 g/mol. The SMILES string of the molecule is COc1ccccc1C(=O)Nc1nc2ccc(S(=O)(=O)N(C(C)C)C(C)C)cc2s1. The van der Waals surface area contributed by atoms with Crippen LogP contribution in [0.25, 0.3) is 10.2 Å². The summed E-state index contributed by atoms with van der Waals surface area (Å²) in [5.74, 6) is 0.122. The third-order valence-corrected chi connectivity index (χ3v) is 7.71. The van der Waals surface area contributed by atoms with Gasteiger partial charge in [-0.2, -0.15) is 4.31 Å². The maximum atomic E-state index is 13.1. The fourth-order valence-corrected chi connectivity index (χ4v) is 6.22. The van der Waals surface area contributed by atoms with Gasteiger partial charge in [0.1, 0.15) is 5.75 Å². The van der Waals surface area contributed by atoms with E-state index in [0.717, 1.165) is 0 Å².